The quantitative estimate of drug-likeness (QED) is 0.689. The van der Waals surface area contributed by atoms with Crippen LogP contribution in [-0.4, -0.2) is 29.8 Å². The second kappa shape index (κ2) is 4.29. The van der Waals surface area contributed by atoms with Gasteiger partial charge in [-0.25, -0.2) is 0 Å². The summed E-state index contributed by atoms with van der Waals surface area (Å²) in [5.74, 6) is 0. The lowest BCUT2D eigenvalue weighted by Gasteiger charge is -2.34. The molecule has 1 saturated heterocycles. The maximum Gasteiger partial charge on any atom is 0.526 e. The molecule has 0 amide bonds. The van der Waals surface area contributed by atoms with E-state index in [0.29, 0.717) is 6.04 Å². The van der Waals surface area contributed by atoms with Crippen molar-refractivity contribution in [3.63, 3.8) is 0 Å². The Morgan fingerprint density at radius 2 is 2.27 bits per heavy atom. The maximum atomic E-state index is 8.94. The second-order valence-electron chi connectivity index (χ2n) is 4.12. The van der Waals surface area contributed by atoms with Gasteiger partial charge in [-0.1, -0.05) is 0 Å². The van der Waals surface area contributed by atoms with Gasteiger partial charge in [0, 0.05) is 12.6 Å². The Morgan fingerprint density at radius 1 is 1.47 bits per heavy atom. The third-order valence-electron chi connectivity index (χ3n) is 2.99. The molecule has 0 radical (unpaired) electrons. The monoisotopic (exact) mass is 209 g/mol. The van der Waals surface area contributed by atoms with Crippen molar-refractivity contribution in [1.29, 1.82) is 0 Å². The minimum atomic E-state index is -1.51. The number of nitrogens with zero attached hydrogens (tertiary/aromatic N) is 1. The molecule has 0 aromatic carbocycles. The molecular formula is C10H16BNO3. The fourth-order valence-electron chi connectivity index (χ4n) is 2.11. The van der Waals surface area contributed by atoms with Crippen LogP contribution in [0.15, 0.2) is 16.7 Å². The molecule has 1 aliphatic heterocycles. The zero-order chi connectivity index (χ0) is 10.8. The van der Waals surface area contributed by atoms with Crippen LogP contribution in [0.5, 0.6) is 0 Å². The molecule has 2 rings (SSSR count). The summed E-state index contributed by atoms with van der Waals surface area (Å²) in [7, 11) is -1.51. The van der Waals surface area contributed by atoms with Crippen molar-refractivity contribution in [3.05, 3.63) is 12.3 Å². The first-order valence-electron chi connectivity index (χ1n) is 5.39. The first kappa shape index (κ1) is 10.6. The number of furan rings is 1. The average molecular weight is 209 g/mol. The lowest BCUT2D eigenvalue weighted by molar-refractivity contribution is 0.409. The molecule has 1 unspecified atom stereocenters. The van der Waals surface area contributed by atoms with Crippen LogP contribution in [0.3, 0.4) is 0 Å². The predicted octanol–water partition coefficient (Wildman–Crippen LogP) is 0.338. The summed E-state index contributed by atoms with van der Waals surface area (Å²) in [4.78, 5) is 2.25. The van der Waals surface area contributed by atoms with Crippen molar-refractivity contribution in [2.75, 3.05) is 11.4 Å². The highest BCUT2D eigenvalue weighted by Crippen LogP contribution is 2.24. The molecule has 1 fully saturated rings. The van der Waals surface area contributed by atoms with Crippen LogP contribution in [0.4, 0.5) is 5.69 Å². The van der Waals surface area contributed by atoms with Gasteiger partial charge in [0.05, 0.1) is 5.69 Å². The summed E-state index contributed by atoms with van der Waals surface area (Å²) in [5, 5.41) is 17.9. The van der Waals surface area contributed by atoms with Crippen molar-refractivity contribution in [2.24, 2.45) is 0 Å². The average Bonchev–Trinajstić information content (AvgIpc) is 2.67. The van der Waals surface area contributed by atoms with Crippen molar-refractivity contribution in [1.82, 2.24) is 0 Å². The number of piperidine rings is 1. The van der Waals surface area contributed by atoms with Crippen LogP contribution in [0.25, 0.3) is 0 Å². The Hall–Kier alpha value is -0.935. The van der Waals surface area contributed by atoms with E-state index in [9.17, 15) is 0 Å². The second-order valence-corrected chi connectivity index (χ2v) is 4.12. The van der Waals surface area contributed by atoms with Gasteiger partial charge in [0.2, 0.25) is 0 Å². The molecule has 1 aromatic rings. The summed E-state index contributed by atoms with van der Waals surface area (Å²) >= 11 is 0. The van der Waals surface area contributed by atoms with Crippen LogP contribution >= 0.6 is 0 Å². The van der Waals surface area contributed by atoms with E-state index < -0.39 is 7.12 Å². The molecule has 0 aliphatic carbocycles. The van der Waals surface area contributed by atoms with E-state index in [1.807, 2.05) is 0 Å². The third-order valence-corrected chi connectivity index (χ3v) is 2.99. The summed E-state index contributed by atoms with van der Waals surface area (Å²) in [6.45, 7) is 3.20. The lowest BCUT2D eigenvalue weighted by Crippen LogP contribution is -2.37. The van der Waals surface area contributed by atoms with E-state index >= 15 is 0 Å². The van der Waals surface area contributed by atoms with Crippen molar-refractivity contribution in [2.45, 2.75) is 32.2 Å². The van der Waals surface area contributed by atoms with Crippen LogP contribution in [-0.2, 0) is 0 Å². The van der Waals surface area contributed by atoms with Gasteiger partial charge in [0.15, 0.2) is 0 Å². The van der Waals surface area contributed by atoms with Crippen molar-refractivity contribution < 1.29 is 14.5 Å². The number of anilines is 1. The van der Waals surface area contributed by atoms with Gasteiger partial charge in [-0.05, 0) is 32.3 Å². The molecule has 82 valence electrons. The molecule has 1 aliphatic rings. The molecule has 1 aromatic heterocycles. The fourth-order valence-corrected chi connectivity index (χ4v) is 2.11. The number of hydrogen-bond acceptors (Lipinski definition) is 4. The summed E-state index contributed by atoms with van der Waals surface area (Å²) < 4.78 is 5.09. The van der Waals surface area contributed by atoms with Gasteiger partial charge in [0.25, 0.3) is 0 Å². The van der Waals surface area contributed by atoms with Gasteiger partial charge in [-0.15, -0.1) is 0 Å². The Kier molecular flexibility index (Phi) is 3.02. The first-order chi connectivity index (χ1) is 7.18. The highest BCUT2D eigenvalue weighted by molar-refractivity contribution is 6.57. The third kappa shape index (κ3) is 2.18. The van der Waals surface area contributed by atoms with Crippen molar-refractivity contribution >= 4 is 18.5 Å². The molecule has 0 bridgehead atoms. The molecule has 2 heterocycles. The summed E-state index contributed by atoms with van der Waals surface area (Å²) in [6, 6.07) is 2.20. The zero-order valence-electron chi connectivity index (χ0n) is 8.89. The van der Waals surface area contributed by atoms with E-state index in [1.54, 1.807) is 12.3 Å². The molecule has 5 heteroatoms. The van der Waals surface area contributed by atoms with E-state index in [1.165, 1.54) is 19.3 Å². The molecule has 15 heavy (non-hydrogen) atoms. The van der Waals surface area contributed by atoms with E-state index in [-0.39, 0.29) is 5.66 Å². The Balaban J connectivity index is 2.13. The molecule has 4 nitrogen and oxygen atoms in total. The van der Waals surface area contributed by atoms with Gasteiger partial charge in [-0.2, -0.15) is 0 Å². The normalized spacial score (nSPS) is 21.8. The fraction of sp³-hybridized carbons (Fsp3) is 0.600. The SMILES string of the molecule is CC1CCCCN1c1coc(B(O)O)c1. The van der Waals surface area contributed by atoms with Gasteiger partial charge in [-0.3, -0.25) is 0 Å². The van der Waals surface area contributed by atoms with Gasteiger partial charge < -0.3 is 19.4 Å². The molecule has 0 saturated carbocycles. The standard InChI is InChI=1S/C10H16BNO3/c1-8-4-2-3-5-12(8)9-6-10(11(13)14)15-7-9/h6-8,13-14H,2-5H2,1H3. The molecule has 2 N–H and O–H groups in total. The van der Waals surface area contributed by atoms with E-state index in [2.05, 4.69) is 11.8 Å². The minimum Gasteiger partial charge on any atom is -0.471 e. The van der Waals surface area contributed by atoms with E-state index in [4.69, 9.17) is 14.5 Å². The van der Waals surface area contributed by atoms with Gasteiger partial charge >= 0.3 is 7.12 Å². The first-order valence-corrected chi connectivity index (χ1v) is 5.39. The number of rotatable bonds is 2. The highest BCUT2D eigenvalue weighted by Gasteiger charge is 2.23. The summed E-state index contributed by atoms with van der Waals surface area (Å²) in [5.41, 5.74) is 1.16. The number of hydrogen-bond donors (Lipinski definition) is 2. The Morgan fingerprint density at radius 3 is 2.87 bits per heavy atom. The zero-order valence-corrected chi connectivity index (χ0v) is 8.89. The molecule has 1 atom stereocenters. The molecule has 0 spiro atoms. The Bertz CT molecular complexity index is 326. The van der Waals surface area contributed by atoms with Crippen LogP contribution in [0.2, 0.25) is 0 Å². The molecular weight excluding hydrogens is 193 g/mol. The van der Waals surface area contributed by atoms with Gasteiger partial charge in [0.1, 0.15) is 11.9 Å². The Labute approximate surface area is 89.7 Å². The van der Waals surface area contributed by atoms with Crippen LogP contribution in [0.1, 0.15) is 26.2 Å². The smallest absolute Gasteiger partial charge is 0.471 e. The maximum absolute atomic E-state index is 8.94. The van der Waals surface area contributed by atoms with Crippen molar-refractivity contribution in [3.8, 4) is 0 Å². The van der Waals surface area contributed by atoms with Crippen LogP contribution in [0, 0.1) is 0 Å². The summed E-state index contributed by atoms with van der Waals surface area (Å²) in [6.07, 6.45) is 5.23. The highest BCUT2D eigenvalue weighted by atomic mass is 16.4. The van der Waals surface area contributed by atoms with Crippen LogP contribution < -0.4 is 10.6 Å². The minimum absolute atomic E-state index is 0.211. The lowest BCUT2D eigenvalue weighted by atomic mass is 9.88. The topological polar surface area (TPSA) is 56.8 Å². The predicted molar refractivity (Wildman–Crippen MR) is 59.2 cm³/mol. The van der Waals surface area contributed by atoms with E-state index in [0.717, 1.165) is 12.2 Å². The largest absolute Gasteiger partial charge is 0.526 e.